The van der Waals surface area contributed by atoms with Crippen molar-refractivity contribution in [3.63, 3.8) is 0 Å². The molecule has 0 aliphatic heterocycles. The number of carbonyl (C=O) groups excluding carboxylic acids is 1. The largest absolute Gasteiger partial charge is 0.302 e. The predicted molar refractivity (Wildman–Crippen MR) is 84.1 cm³/mol. The highest BCUT2D eigenvalue weighted by atomic mass is 32.2. The van der Waals surface area contributed by atoms with Crippen LogP contribution in [0.25, 0.3) is 0 Å². The number of carbonyl (C=O) groups is 1. The monoisotopic (exact) mass is 331 g/mol. The Balaban J connectivity index is 1.87. The molecule has 0 saturated heterocycles. The van der Waals surface area contributed by atoms with Crippen LogP contribution >= 0.6 is 11.3 Å². The quantitative estimate of drug-likeness (QED) is 0.859. The minimum atomic E-state index is -3.25. The summed E-state index contributed by atoms with van der Waals surface area (Å²) in [7, 11) is -3.25. The van der Waals surface area contributed by atoms with Crippen LogP contribution < -0.4 is 10.0 Å². The summed E-state index contributed by atoms with van der Waals surface area (Å²) in [6.07, 6.45) is 8.05. The normalized spacial score (nSPS) is 15.9. The first-order chi connectivity index (χ1) is 9.94. The predicted octanol–water partition coefficient (Wildman–Crippen LogP) is 1.68. The molecule has 1 aliphatic carbocycles. The highest BCUT2D eigenvalue weighted by molar-refractivity contribution is 7.88. The Morgan fingerprint density at radius 3 is 2.67 bits per heavy atom. The average Bonchev–Trinajstić information content (AvgIpc) is 2.69. The van der Waals surface area contributed by atoms with Crippen molar-refractivity contribution < 1.29 is 13.2 Å². The van der Waals surface area contributed by atoms with Crippen LogP contribution in [0.4, 0.5) is 5.13 Å². The van der Waals surface area contributed by atoms with E-state index in [0.29, 0.717) is 5.13 Å². The molecule has 1 aromatic heterocycles. The van der Waals surface area contributed by atoms with Gasteiger partial charge < -0.3 is 5.32 Å². The van der Waals surface area contributed by atoms with E-state index in [1.54, 1.807) is 11.3 Å². The van der Waals surface area contributed by atoms with E-state index in [2.05, 4.69) is 15.0 Å². The summed E-state index contributed by atoms with van der Waals surface area (Å²) in [6, 6.07) is 0. The highest BCUT2D eigenvalue weighted by Crippen LogP contribution is 2.28. The molecule has 8 heteroatoms. The Labute approximate surface area is 129 Å². The third-order valence-corrected chi connectivity index (χ3v) is 5.11. The Kier molecular flexibility index (Phi) is 5.72. The molecule has 6 nitrogen and oxygen atoms in total. The van der Waals surface area contributed by atoms with E-state index in [0.717, 1.165) is 31.2 Å². The third kappa shape index (κ3) is 5.72. The number of nitrogens with zero attached hydrogens (tertiary/aromatic N) is 1. The van der Waals surface area contributed by atoms with Gasteiger partial charge in [-0.15, -0.1) is 11.3 Å². The highest BCUT2D eigenvalue weighted by Gasteiger charge is 2.14. The number of fused-ring (bicyclic) bond motifs is 1. The second kappa shape index (κ2) is 7.33. The van der Waals surface area contributed by atoms with Gasteiger partial charge in [-0.05, 0) is 25.7 Å². The number of anilines is 1. The zero-order chi connectivity index (χ0) is 15.3. The zero-order valence-corrected chi connectivity index (χ0v) is 13.8. The van der Waals surface area contributed by atoms with Gasteiger partial charge in [-0.25, -0.2) is 18.1 Å². The molecule has 0 saturated carbocycles. The van der Waals surface area contributed by atoms with Gasteiger partial charge in [-0.3, -0.25) is 4.79 Å². The summed E-state index contributed by atoms with van der Waals surface area (Å²) in [4.78, 5) is 17.5. The molecule has 0 bridgehead atoms. The van der Waals surface area contributed by atoms with Crippen molar-refractivity contribution in [1.29, 1.82) is 0 Å². The molecule has 0 atom stereocenters. The van der Waals surface area contributed by atoms with Crippen LogP contribution in [0.5, 0.6) is 0 Å². The number of rotatable bonds is 5. The molecule has 21 heavy (non-hydrogen) atoms. The van der Waals surface area contributed by atoms with Crippen LogP contribution in [0.15, 0.2) is 0 Å². The molecule has 1 heterocycles. The molecule has 0 fully saturated rings. The van der Waals surface area contributed by atoms with Crippen LogP contribution in [0.3, 0.4) is 0 Å². The summed E-state index contributed by atoms with van der Waals surface area (Å²) in [6.45, 7) is 0.107. The fourth-order valence-corrected chi connectivity index (χ4v) is 3.83. The van der Waals surface area contributed by atoms with E-state index in [9.17, 15) is 13.2 Å². The van der Waals surface area contributed by atoms with Gasteiger partial charge in [0.25, 0.3) is 0 Å². The van der Waals surface area contributed by atoms with Crippen molar-refractivity contribution in [3.05, 3.63) is 10.6 Å². The number of amides is 1. The second-order valence-electron chi connectivity index (χ2n) is 5.27. The maximum atomic E-state index is 11.8. The summed E-state index contributed by atoms with van der Waals surface area (Å²) in [5.74, 6) is -0.215. The summed E-state index contributed by atoms with van der Waals surface area (Å²) >= 11 is 1.54. The molecule has 1 aromatic rings. The van der Waals surface area contributed by atoms with E-state index < -0.39 is 10.0 Å². The van der Waals surface area contributed by atoms with Gasteiger partial charge in [0.15, 0.2) is 5.13 Å². The Bertz CT molecular complexity index is 570. The van der Waals surface area contributed by atoms with Gasteiger partial charge in [-0.2, -0.15) is 0 Å². The maximum Gasteiger partial charge on any atom is 0.227 e. The van der Waals surface area contributed by atoms with Gasteiger partial charge in [0.2, 0.25) is 15.9 Å². The van der Waals surface area contributed by atoms with Crippen LogP contribution in [0, 0.1) is 0 Å². The molecule has 0 aromatic carbocycles. The van der Waals surface area contributed by atoms with E-state index in [-0.39, 0.29) is 18.9 Å². The molecule has 1 amide bonds. The van der Waals surface area contributed by atoms with Crippen molar-refractivity contribution in [2.75, 3.05) is 18.1 Å². The van der Waals surface area contributed by atoms with Gasteiger partial charge in [0, 0.05) is 17.8 Å². The molecule has 1 aliphatic rings. The lowest BCUT2D eigenvalue weighted by atomic mass is 10.0. The molecule has 2 N–H and O–H groups in total. The Hall–Kier alpha value is -0.990. The lowest BCUT2D eigenvalue weighted by Crippen LogP contribution is -2.26. The molecule has 118 valence electrons. The number of thiazole rings is 1. The SMILES string of the molecule is CS(=O)(=O)NCCC(=O)Nc1nc2c(s1)CCCCCC2. The number of aryl methyl sites for hydroxylation is 2. The van der Waals surface area contributed by atoms with Crippen LogP contribution in [0.2, 0.25) is 0 Å². The fraction of sp³-hybridized carbons (Fsp3) is 0.692. The number of aromatic nitrogens is 1. The first-order valence-electron chi connectivity index (χ1n) is 7.17. The first-order valence-corrected chi connectivity index (χ1v) is 9.88. The molecular formula is C13H21N3O3S2. The van der Waals surface area contributed by atoms with E-state index >= 15 is 0 Å². The van der Waals surface area contributed by atoms with E-state index in [1.165, 1.54) is 24.1 Å². The maximum absolute atomic E-state index is 11.8. The lowest BCUT2D eigenvalue weighted by Gasteiger charge is -2.06. The van der Waals surface area contributed by atoms with Crippen LogP contribution in [-0.4, -0.2) is 32.1 Å². The first kappa shape index (κ1) is 16.4. The summed E-state index contributed by atoms with van der Waals surface area (Å²) in [5.41, 5.74) is 1.12. The van der Waals surface area contributed by atoms with Crippen molar-refractivity contribution >= 4 is 32.4 Å². The number of hydrogen-bond donors (Lipinski definition) is 2. The minimum Gasteiger partial charge on any atom is -0.302 e. The average molecular weight is 331 g/mol. The number of hydrogen-bond acceptors (Lipinski definition) is 5. The fourth-order valence-electron chi connectivity index (χ4n) is 2.29. The van der Waals surface area contributed by atoms with Crippen molar-refractivity contribution in [2.45, 2.75) is 44.9 Å². The van der Waals surface area contributed by atoms with Crippen molar-refractivity contribution in [1.82, 2.24) is 9.71 Å². The number of nitrogens with one attached hydrogen (secondary N) is 2. The smallest absolute Gasteiger partial charge is 0.227 e. The Morgan fingerprint density at radius 1 is 1.24 bits per heavy atom. The molecule has 2 rings (SSSR count). The van der Waals surface area contributed by atoms with Crippen molar-refractivity contribution in [2.24, 2.45) is 0 Å². The van der Waals surface area contributed by atoms with Gasteiger partial charge in [0.1, 0.15) is 0 Å². The van der Waals surface area contributed by atoms with Crippen LogP contribution in [-0.2, 0) is 27.7 Å². The topological polar surface area (TPSA) is 88.2 Å². The third-order valence-electron chi connectivity index (χ3n) is 3.31. The van der Waals surface area contributed by atoms with Gasteiger partial charge in [-0.1, -0.05) is 12.8 Å². The minimum absolute atomic E-state index is 0.107. The van der Waals surface area contributed by atoms with Crippen LogP contribution in [0.1, 0.15) is 42.7 Å². The lowest BCUT2D eigenvalue weighted by molar-refractivity contribution is -0.116. The summed E-state index contributed by atoms with van der Waals surface area (Å²) < 4.78 is 24.1. The molecule has 0 spiro atoms. The molecule has 0 radical (unpaired) electrons. The zero-order valence-electron chi connectivity index (χ0n) is 12.1. The second-order valence-corrected chi connectivity index (χ2v) is 8.18. The molecular weight excluding hydrogens is 310 g/mol. The van der Waals surface area contributed by atoms with E-state index in [1.807, 2.05) is 0 Å². The summed E-state index contributed by atoms with van der Waals surface area (Å²) in [5, 5.41) is 3.39. The Morgan fingerprint density at radius 2 is 1.95 bits per heavy atom. The van der Waals surface area contributed by atoms with Gasteiger partial charge in [0.05, 0.1) is 11.9 Å². The van der Waals surface area contributed by atoms with Gasteiger partial charge >= 0.3 is 0 Å². The standard InChI is InChI=1S/C13H21N3O3S2/c1-21(18,19)14-9-8-12(17)16-13-15-10-6-4-2-3-5-7-11(10)20-13/h14H,2-9H2,1H3,(H,15,16,17). The van der Waals surface area contributed by atoms with E-state index in [4.69, 9.17) is 0 Å². The van der Waals surface area contributed by atoms with Crippen molar-refractivity contribution in [3.8, 4) is 0 Å². The molecule has 0 unspecified atom stereocenters. The number of sulfonamides is 1.